The molecule has 0 atom stereocenters. The van der Waals surface area contributed by atoms with E-state index in [4.69, 9.17) is 23.1 Å². The van der Waals surface area contributed by atoms with Crippen molar-refractivity contribution < 1.29 is 4.79 Å². The van der Waals surface area contributed by atoms with Crippen LogP contribution in [0.4, 0.5) is 17.1 Å². The van der Waals surface area contributed by atoms with Gasteiger partial charge in [-0.2, -0.15) is 0 Å². The SMILES string of the molecule is NC(=O)c1cccc(Nc2ccc(Cl)c(Br)c2)c1N. The van der Waals surface area contributed by atoms with Crippen molar-refractivity contribution in [3.05, 3.63) is 51.5 Å². The molecule has 5 N–H and O–H groups in total. The van der Waals surface area contributed by atoms with E-state index in [0.29, 0.717) is 16.4 Å². The lowest BCUT2D eigenvalue weighted by molar-refractivity contribution is 0.100. The van der Waals surface area contributed by atoms with Gasteiger partial charge in [-0.15, -0.1) is 0 Å². The van der Waals surface area contributed by atoms with Crippen LogP contribution in [-0.4, -0.2) is 5.91 Å². The van der Waals surface area contributed by atoms with Gasteiger partial charge in [-0.1, -0.05) is 17.7 Å². The summed E-state index contributed by atoms with van der Waals surface area (Å²) in [6, 6.07) is 10.4. The van der Waals surface area contributed by atoms with Gasteiger partial charge < -0.3 is 16.8 Å². The maximum absolute atomic E-state index is 11.2. The van der Waals surface area contributed by atoms with Crippen molar-refractivity contribution in [3.63, 3.8) is 0 Å². The Hall–Kier alpha value is -1.72. The number of hydrogen-bond acceptors (Lipinski definition) is 3. The fourth-order valence-electron chi connectivity index (χ4n) is 1.62. The van der Waals surface area contributed by atoms with E-state index in [1.807, 2.05) is 12.1 Å². The minimum absolute atomic E-state index is 0.290. The van der Waals surface area contributed by atoms with Gasteiger partial charge in [0, 0.05) is 10.2 Å². The first-order valence-electron chi connectivity index (χ1n) is 5.39. The smallest absolute Gasteiger partial charge is 0.250 e. The van der Waals surface area contributed by atoms with E-state index in [1.165, 1.54) is 0 Å². The van der Waals surface area contributed by atoms with Crippen LogP contribution in [0.3, 0.4) is 0 Å². The zero-order valence-corrected chi connectivity index (χ0v) is 12.1. The number of halogens is 2. The van der Waals surface area contributed by atoms with Gasteiger partial charge in [0.25, 0.3) is 5.91 Å². The number of nitrogen functional groups attached to an aromatic ring is 1. The van der Waals surface area contributed by atoms with Gasteiger partial charge in [-0.3, -0.25) is 4.79 Å². The molecule has 0 aliphatic heterocycles. The highest BCUT2D eigenvalue weighted by Crippen LogP contribution is 2.30. The second-order valence-electron chi connectivity index (χ2n) is 3.88. The first-order chi connectivity index (χ1) is 8.99. The van der Waals surface area contributed by atoms with Crippen LogP contribution in [0.25, 0.3) is 0 Å². The number of benzene rings is 2. The van der Waals surface area contributed by atoms with Gasteiger partial charge in [0.1, 0.15) is 0 Å². The predicted octanol–water partition coefficient (Wildman–Crippen LogP) is 3.53. The van der Waals surface area contributed by atoms with Crippen molar-refractivity contribution in [1.82, 2.24) is 0 Å². The second-order valence-corrected chi connectivity index (χ2v) is 5.15. The zero-order valence-electron chi connectivity index (χ0n) is 9.78. The highest BCUT2D eigenvalue weighted by atomic mass is 79.9. The Morgan fingerprint density at radius 3 is 2.63 bits per heavy atom. The Labute approximate surface area is 123 Å². The summed E-state index contributed by atoms with van der Waals surface area (Å²) in [7, 11) is 0. The number of hydrogen-bond donors (Lipinski definition) is 3. The van der Waals surface area contributed by atoms with Crippen LogP contribution >= 0.6 is 27.5 Å². The molecule has 19 heavy (non-hydrogen) atoms. The van der Waals surface area contributed by atoms with Gasteiger partial charge in [0.05, 0.1) is 22.0 Å². The zero-order chi connectivity index (χ0) is 14.0. The standard InChI is InChI=1S/C13H11BrClN3O/c14-9-6-7(4-5-10(9)15)18-11-3-1-2-8(12(11)16)13(17)19/h1-6,18H,16H2,(H2,17,19). The van der Waals surface area contributed by atoms with Crippen LogP contribution in [0.5, 0.6) is 0 Å². The Morgan fingerprint density at radius 2 is 2.00 bits per heavy atom. The number of carbonyl (C=O) groups excluding carboxylic acids is 1. The van der Waals surface area contributed by atoms with Gasteiger partial charge in [-0.25, -0.2) is 0 Å². The molecule has 0 spiro atoms. The van der Waals surface area contributed by atoms with Gasteiger partial charge in [0.2, 0.25) is 0 Å². The third-order valence-electron chi connectivity index (χ3n) is 2.57. The van der Waals surface area contributed by atoms with Crippen molar-refractivity contribution in [1.29, 1.82) is 0 Å². The topological polar surface area (TPSA) is 81.1 Å². The third kappa shape index (κ3) is 3.00. The van der Waals surface area contributed by atoms with Crippen molar-refractivity contribution >= 4 is 50.5 Å². The summed E-state index contributed by atoms with van der Waals surface area (Å²) in [5, 5.41) is 3.73. The maximum Gasteiger partial charge on any atom is 0.250 e. The largest absolute Gasteiger partial charge is 0.396 e. The summed E-state index contributed by atoms with van der Waals surface area (Å²) in [6.45, 7) is 0. The number of anilines is 3. The number of amides is 1. The van der Waals surface area contributed by atoms with Gasteiger partial charge in [0.15, 0.2) is 0 Å². The molecule has 0 radical (unpaired) electrons. The molecule has 0 aliphatic carbocycles. The first-order valence-corrected chi connectivity index (χ1v) is 6.56. The molecule has 4 nitrogen and oxygen atoms in total. The molecule has 2 rings (SSSR count). The van der Waals surface area contributed by atoms with Crippen LogP contribution in [0, 0.1) is 0 Å². The van der Waals surface area contributed by atoms with Crippen LogP contribution in [-0.2, 0) is 0 Å². The van der Waals surface area contributed by atoms with Crippen molar-refractivity contribution in [2.24, 2.45) is 5.73 Å². The molecule has 2 aromatic carbocycles. The summed E-state index contributed by atoms with van der Waals surface area (Å²) in [6.07, 6.45) is 0. The minimum atomic E-state index is -0.557. The molecule has 0 aliphatic rings. The number of nitrogens with two attached hydrogens (primary N) is 2. The first kappa shape index (κ1) is 13.7. The quantitative estimate of drug-likeness (QED) is 0.748. The third-order valence-corrected chi connectivity index (χ3v) is 3.78. The van der Waals surface area contributed by atoms with Crippen molar-refractivity contribution in [2.45, 2.75) is 0 Å². The molecule has 0 aromatic heterocycles. The van der Waals surface area contributed by atoms with Crippen LogP contribution in [0.1, 0.15) is 10.4 Å². The average Bonchev–Trinajstić information content (AvgIpc) is 2.36. The Bertz CT molecular complexity index is 646. The molecule has 0 bridgehead atoms. The van der Waals surface area contributed by atoms with Crippen LogP contribution < -0.4 is 16.8 Å². The Kier molecular flexibility index (Phi) is 3.97. The number of carbonyl (C=O) groups is 1. The Balaban J connectivity index is 2.35. The maximum atomic E-state index is 11.2. The lowest BCUT2D eigenvalue weighted by Gasteiger charge is -2.12. The fourth-order valence-corrected chi connectivity index (χ4v) is 2.11. The fraction of sp³-hybridized carbons (Fsp3) is 0. The minimum Gasteiger partial charge on any atom is -0.396 e. The molecule has 1 amide bonds. The van der Waals surface area contributed by atoms with Crippen molar-refractivity contribution in [2.75, 3.05) is 11.1 Å². The highest BCUT2D eigenvalue weighted by molar-refractivity contribution is 9.10. The summed E-state index contributed by atoms with van der Waals surface area (Å²) in [5.74, 6) is -0.557. The molecule has 2 aromatic rings. The number of nitrogens with one attached hydrogen (secondary N) is 1. The molecule has 98 valence electrons. The van der Waals surface area contributed by atoms with E-state index in [9.17, 15) is 4.79 Å². The van der Waals surface area contributed by atoms with E-state index in [1.54, 1.807) is 24.3 Å². The van der Waals surface area contributed by atoms with Gasteiger partial charge >= 0.3 is 0 Å². The van der Waals surface area contributed by atoms with Crippen LogP contribution in [0.2, 0.25) is 5.02 Å². The lowest BCUT2D eigenvalue weighted by atomic mass is 10.1. The number of rotatable bonds is 3. The van der Waals surface area contributed by atoms with E-state index in [-0.39, 0.29) is 5.56 Å². The predicted molar refractivity (Wildman–Crippen MR) is 81.8 cm³/mol. The monoisotopic (exact) mass is 339 g/mol. The van der Waals surface area contributed by atoms with E-state index in [2.05, 4.69) is 21.2 Å². The molecule has 0 saturated heterocycles. The molecule has 0 unspecified atom stereocenters. The van der Waals surface area contributed by atoms with Crippen LogP contribution in [0.15, 0.2) is 40.9 Å². The summed E-state index contributed by atoms with van der Waals surface area (Å²) < 4.78 is 0.767. The lowest BCUT2D eigenvalue weighted by Crippen LogP contribution is -2.14. The molecule has 6 heteroatoms. The Morgan fingerprint density at radius 1 is 1.26 bits per heavy atom. The molecule has 0 fully saturated rings. The summed E-state index contributed by atoms with van der Waals surface area (Å²) in [4.78, 5) is 11.2. The number of primary amides is 1. The number of para-hydroxylation sites is 1. The molecule has 0 saturated carbocycles. The second kappa shape index (κ2) is 5.50. The van der Waals surface area contributed by atoms with Crippen molar-refractivity contribution in [3.8, 4) is 0 Å². The highest BCUT2D eigenvalue weighted by Gasteiger charge is 2.09. The van der Waals surface area contributed by atoms with E-state index >= 15 is 0 Å². The summed E-state index contributed by atoms with van der Waals surface area (Å²) in [5.41, 5.74) is 13.2. The van der Waals surface area contributed by atoms with E-state index < -0.39 is 5.91 Å². The van der Waals surface area contributed by atoms with Gasteiger partial charge in [-0.05, 0) is 46.3 Å². The average molecular weight is 341 g/mol. The molecule has 0 heterocycles. The molecular weight excluding hydrogens is 330 g/mol. The normalized spacial score (nSPS) is 10.2. The summed E-state index contributed by atoms with van der Waals surface area (Å²) >= 11 is 9.26. The molecular formula is C13H11BrClN3O. The van der Waals surface area contributed by atoms with E-state index in [0.717, 1.165) is 10.2 Å².